The molecule has 1 saturated heterocycles. The maximum Gasteiger partial charge on any atom is 0.573 e. The van der Waals surface area contributed by atoms with Gasteiger partial charge in [0.15, 0.2) is 0 Å². The van der Waals surface area contributed by atoms with Crippen LogP contribution in [-0.2, 0) is 4.74 Å². The minimum atomic E-state index is -4.76. The highest BCUT2D eigenvalue weighted by atomic mass is 19.4. The molecular formula is C17H22F3NO4. The van der Waals surface area contributed by atoms with E-state index >= 15 is 0 Å². The van der Waals surface area contributed by atoms with E-state index in [4.69, 9.17) is 9.47 Å². The summed E-state index contributed by atoms with van der Waals surface area (Å²) in [5, 5.41) is 0. The summed E-state index contributed by atoms with van der Waals surface area (Å²) >= 11 is 0. The van der Waals surface area contributed by atoms with Crippen molar-refractivity contribution in [3.05, 3.63) is 23.8 Å². The van der Waals surface area contributed by atoms with Crippen LogP contribution in [0.1, 0.15) is 38.7 Å². The number of carbonyl (C=O) groups excluding carboxylic acids is 1. The zero-order valence-electron chi connectivity index (χ0n) is 14.6. The van der Waals surface area contributed by atoms with E-state index in [1.165, 1.54) is 19.2 Å². The minimum absolute atomic E-state index is 0.0394. The van der Waals surface area contributed by atoms with Gasteiger partial charge in [-0.15, -0.1) is 13.2 Å². The molecule has 0 bridgehead atoms. The molecule has 0 radical (unpaired) electrons. The second-order valence-electron chi connectivity index (χ2n) is 6.86. The van der Waals surface area contributed by atoms with Gasteiger partial charge in [-0.1, -0.05) is 6.07 Å². The summed E-state index contributed by atoms with van der Waals surface area (Å²) in [6.45, 7) is 6.32. The van der Waals surface area contributed by atoms with Crippen molar-refractivity contribution >= 4 is 6.09 Å². The zero-order valence-corrected chi connectivity index (χ0v) is 14.6. The molecule has 2 rings (SSSR count). The van der Waals surface area contributed by atoms with Crippen molar-refractivity contribution in [3.63, 3.8) is 0 Å². The van der Waals surface area contributed by atoms with Crippen molar-refractivity contribution in [1.82, 2.24) is 4.90 Å². The maximum absolute atomic E-state index is 12.3. The van der Waals surface area contributed by atoms with Gasteiger partial charge in [0.05, 0.1) is 7.11 Å². The smallest absolute Gasteiger partial charge is 0.496 e. The maximum atomic E-state index is 12.3. The van der Waals surface area contributed by atoms with E-state index in [1.54, 1.807) is 31.7 Å². The van der Waals surface area contributed by atoms with Gasteiger partial charge in [-0.2, -0.15) is 0 Å². The Morgan fingerprint density at radius 1 is 1.24 bits per heavy atom. The van der Waals surface area contributed by atoms with Crippen molar-refractivity contribution in [2.45, 2.75) is 45.1 Å². The first-order chi connectivity index (χ1) is 11.5. The van der Waals surface area contributed by atoms with Crippen LogP contribution in [0.4, 0.5) is 18.0 Å². The molecule has 1 atom stereocenters. The first-order valence-electron chi connectivity index (χ1n) is 7.90. The number of hydrogen-bond acceptors (Lipinski definition) is 4. The van der Waals surface area contributed by atoms with Crippen LogP contribution in [0.15, 0.2) is 18.2 Å². The van der Waals surface area contributed by atoms with Gasteiger partial charge in [-0.05, 0) is 38.8 Å². The van der Waals surface area contributed by atoms with Crippen molar-refractivity contribution in [3.8, 4) is 11.5 Å². The standard InChI is InChI=1S/C17H22F3NO4/c1-16(2,3)25-15(22)21-8-7-11(10-21)13-6-5-12(9-14(13)23-4)24-17(18,19)20/h5-6,9,11H,7-8,10H2,1-4H3. The average Bonchev–Trinajstić information content (AvgIpc) is 2.93. The summed E-state index contributed by atoms with van der Waals surface area (Å²) in [6.07, 6.45) is -4.48. The molecule has 5 nitrogen and oxygen atoms in total. The lowest BCUT2D eigenvalue weighted by Gasteiger charge is -2.24. The number of benzene rings is 1. The van der Waals surface area contributed by atoms with Crippen molar-refractivity contribution in [1.29, 1.82) is 0 Å². The molecule has 25 heavy (non-hydrogen) atoms. The molecule has 1 aliphatic rings. The fourth-order valence-electron chi connectivity index (χ4n) is 2.73. The molecule has 1 aromatic carbocycles. The van der Waals surface area contributed by atoms with Crippen molar-refractivity contribution in [2.24, 2.45) is 0 Å². The summed E-state index contributed by atoms with van der Waals surface area (Å²) < 4.78 is 51.5. The van der Waals surface area contributed by atoms with Crippen LogP contribution in [0.3, 0.4) is 0 Å². The molecule has 1 amide bonds. The number of carbonyl (C=O) groups is 1. The lowest BCUT2D eigenvalue weighted by molar-refractivity contribution is -0.274. The molecule has 1 heterocycles. The number of halogens is 3. The van der Waals surface area contributed by atoms with E-state index < -0.39 is 18.1 Å². The van der Waals surface area contributed by atoms with Crippen LogP contribution < -0.4 is 9.47 Å². The highest BCUT2D eigenvalue weighted by Gasteiger charge is 2.34. The molecule has 0 N–H and O–H groups in total. The number of rotatable bonds is 3. The van der Waals surface area contributed by atoms with Crippen LogP contribution in [-0.4, -0.2) is 43.2 Å². The first-order valence-corrected chi connectivity index (χ1v) is 7.90. The molecular weight excluding hydrogens is 339 g/mol. The molecule has 1 aromatic rings. The van der Waals surface area contributed by atoms with E-state index in [0.29, 0.717) is 25.3 Å². The Balaban J connectivity index is 2.10. The van der Waals surface area contributed by atoms with Crippen molar-refractivity contribution < 1.29 is 32.2 Å². The van der Waals surface area contributed by atoms with Gasteiger partial charge >= 0.3 is 12.5 Å². The van der Waals surface area contributed by atoms with Gasteiger partial charge in [0.25, 0.3) is 0 Å². The molecule has 0 saturated carbocycles. The van der Waals surface area contributed by atoms with Gasteiger partial charge in [-0.3, -0.25) is 0 Å². The van der Waals surface area contributed by atoms with Crippen LogP contribution >= 0.6 is 0 Å². The normalized spacial score (nSPS) is 18.2. The second-order valence-corrected chi connectivity index (χ2v) is 6.86. The third-order valence-electron chi connectivity index (χ3n) is 3.72. The summed E-state index contributed by atoms with van der Waals surface area (Å²) in [6, 6.07) is 4.00. The fourth-order valence-corrected chi connectivity index (χ4v) is 2.73. The van der Waals surface area contributed by atoms with Crippen LogP contribution in [0.2, 0.25) is 0 Å². The number of ether oxygens (including phenoxy) is 3. The Morgan fingerprint density at radius 3 is 2.48 bits per heavy atom. The quantitative estimate of drug-likeness (QED) is 0.805. The number of nitrogens with zero attached hydrogens (tertiary/aromatic N) is 1. The summed E-state index contributed by atoms with van der Waals surface area (Å²) in [4.78, 5) is 13.7. The molecule has 0 aromatic heterocycles. The number of hydrogen-bond donors (Lipinski definition) is 0. The Kier molecular flexibility index (Phi) is 5.39. The van der Waals surface area contributed by atoms with E-state index in [0.717, 1.165) is 5.56 Å². The predicted molar refractivity (Wildman–Crippen MR) is 84.8 cm³/mol. The number of likely N-dealkylation sites (tertiary alicyclic amines) is 1. The molecule has 1 aliphatic heterocycles. The first kappa shape index (κ1) is 19.2. The Hall–Kier alpha value is -2.12. The Morgan fingerprint density at radius 2 is 1.92 bits per heavy atom. The number of amides is 1. The van der Waals surface area contributed by atoms with Crippen molar-refractivity contribution in [2.75, 3.05) is 20.2 Å². The van der Waals surface area contributed by atoms with E-state index in [-0.39, 0.29) is 11.7 Å². The second kappa shape index (κ2) is 7.01. The average molecular weight is 361 g/mol. The Bertz CT molecular complexity index is 625. The molecule has 1 unspecified atom stereocenters. The molecule has 1 fully saturated rings. The molecule has 0 aliphatic carbocycles. The minimum Gasteiger partial charge on any atom is -0.496 e. The van der Waals surface area contributed by atoms with Gasteiger partial charge in [0.1, 0.15) is 17.1 Å². The molecule has 140 valence electrons. The van der Waals surface area contributed by atoms with E-state index in [2.05, 4.69) is 4.74 Å². The molecule has 8 heteroatoms. The lowest BCUT2D eigenvalue weighted by Crippen LogP contribution is -2.35. The van der Waals surface area contributed by atoms with Crippen LogP contribution in [0.25, 0.3) is 0 Å². The van der Waals surface area contributed by atoms with Gasteiger partial charge in [0.2, 0.25) is 0 Å². The fraction of sp³-hybridized carbons (Fsp3) is 0.588. The third-order valence-corrected chi connectivity index (χ3v) is 3.72. The molecule has 0 spiro atoms. The topological polar surface area (TPSA) is 48.0 Å². The zero-order chi connectivity index (χ0) is 18.8. The van der Waals surface area contributed by atoms with Gasteiger partial charge < -0.3 is 19.1 Å². The summed E-state index contributed by atoms with van der Waals surface area (Å²) in [5.74, 6) is -0.0738. The number of alkyl halides is 3. The highest BCUT2D eigenvalue weighted by molar-refractivity contribution is 5.68. The lowest BCUT2D eigenvalue weighted by atomic mass is 9.97. The van der Waals surface area contributed by atoms with E-state index in [1.807, 2.05) is 0 Å². The third kappa shape index (κ3) is 5.44. The SMILES string of the molecule is COc1cc(OC(F)(F)F)ccc1C1CCN(C(=O)OC(C)(C)C)C1. The monoisotopic (exact) mass is 361 g/mol. The predicted octanol–water partition coefficient (Wildman–Crippen LogP) is 4.32. The largest absolute Gasteiger partial charge is 0.573 e. The van der Waals surface area contributed by atoms with Crippen LogP contribution in [0, 0.1) is 0 Å². The number of methoxy groups -OCH3 is 1. The van der Waals surface area contributed by atoms with E-state index in [9.17, 15) is 18.0 Å². The van der Waals surface area contributed by atoms with Gasteiger partial charge in [-0.25, -0.2) is 4.79 Å². The Labute approximate surface area is 144 Å². The summed E-state index contributed by atoms with van der Waals surface area (Å²) in [7, 11) is 1.39. The van der Waals surface area contributed by atoms with Gasteiger partial charge in [0, 0.05) is 25.1 Å². The summed E-state index contributed by atoms with van der Waals surface area (Å²) in [5.41, 5.74) is 0.159. The van der Waals surface area contributed by atoms with Crippen LogP contribution in [0.5, 0.6) is 11.5 Å². The highest BCUT2D eigenvalue weighted by Crippen LogP contribution is 2.37.